The molecule has 0 heterocycles. The maximum absolute atomic E-state index is 12.5. The summed E-state index contributed by atoms with van der Waals surface area (Å²) in [6.45, 7) is 3.79. The number of nitrogen functional groups attached to an aromatic ring is 1. The van der Waals surface area contributed by atoms with Crippen LogP contribution in [-0.4, -0.2) is 9.46 Å². The van der Waals surface area contributed by atoms with Crippen LogP contribution >= 0.6 is 0 Å². The zero-order valence-corrected chi connectivity index (χ0v) is 11.1. The van der Waals surface area contributed by atoms with Gasteiger partial charge in [0.05, 0.1) is 21.3 Å². The highest BCUT2D eigenvalue weighted by atomic mass is 32.2. The van der Waals surface area contributed by atoms with E-state index in [2.05, 4.69) is 0 Å². The molecule has 0 aliphatic carbocycles. The fraction of sp³-hybridized carbons (Fsp3) is 0.500. The lowest BCUT2D eigenvalue weighted by Crippen LogP contribution is -2.15. The predicted octanol–water partition coefficient (Wildman–Crippen LogP) is 3.58. The van der Waals surface area contributed by atoms with Gasteiger partial charge in [-0.1, -0.05) is 13.8 Å². The van der Waals surface area contributed by atoms with Crippen molar-refractivity contribution in [3.8, 4) is 0 Å². The Hall–Kier alpha value is -1.04. The maximum atomic E-state index is 12.5. The summed E-state index contributed by atoms with van der Waals surface area (Å²) in [5, 5.41) is -0.0796. The molecule has 0 fully saturated rings. The van der Waals surface area contributed by atoms with Crippen molar-refractivity contribution in [2.75, 3.05) is 5.73 Å². The van der Waals surface area contributed by atoms with E-state index < -0.39 is 22.5 Å². The molecule has 1 unspecified atom stereocenters. The molecule has 1 rings (SSSR count). The van der Waals surface area contributed by atoms with Gasteiger partial charge in [0.2, 0.25) is 0 Å². The summed E-state index contributed by atoms with van der Waals surface area (Å²) in [5.41, 5.74) is 4.70. The highest BCUT2D eigenvalue weighted by molar-refractivity contribution is 7.85. The molecule has 0 bridgehead atoms. The van der Waals surface area contributed by atoms with Crippen LogP contribution in [0.1, 0.15) is 32.3 Å². The highest BCUT2D eigenvalue weighted by Gasteiger charge is 2.31. The fourth-order valence-corrected chi connectivity index (χ4v) is 3.14. The smallest absolute Gasteiger partial charge is 0.398 e. The van der Waals surface area contributed by atoms with Gasteiger partial charge in [0, 0.05) is 10.9 Å². The van der Waals surface area contributed by atoms with E-state index in [1.54, 1.807) is 0 Å². The Labute approximate surface area is 107 Å². The monoisotopic (exact) mass is 279 g/mol. The van der Waals surface area contributed by atoms with Gasteiger partial charge in [-0.05, 0) is 31.0 Å². The lowest BCUT2D eigenvalue weighted by molar-refractivity contribution is -0.137. The summed E-state index contributed by atoms with van der Waals surface area (Å²) in [5.74, 6) is 0. The molecule has 18 heavy (non-hydrogen) atoms. The molecular formula is C12H16F3NOS. The average Bonchev–Trinajstić information content (AvgIpc) is 2.29. The topological polar surface area (TPSA) is 43.1 Å². The number of rotatable bonds is 4. The number of halogens is 3. The Balaban J connectivity index is 3.10. The summed E-state index contributed by atoms with van der Waals surface area (Å²) in [4.78, 5) is 0.289. The zero-order chi connectivity index (χ0) is 13.9. The number of hydrogen-bond donors (Lipinski definition) is 1. The molecular weight excluding hydrogens is 263 g/mol. The lowest BCUT2D eigenvalue weighted by atomic mass is 10.2. The standard InChI is InChI=1S/C12H16F3NOS/c1-3-9(4-2)18(17)11-6-5-8(7-10(11)16)12(13,14)15/h5-7,9H,3-4,16H2,1-2H3. The van der Waals surface area contributed by atoms with E-state index >= 15 is 0 Å². The van der Waals surface area contributed by atoms with Crippen LogP contribution in [-0.2, 0) is 17.0 Å². The van der Waals surface area contributed by atoms with Crippen LogP contribution in [0, 0.1) is 0 Å². The van der Waals surface area contributed by atoms with Gasteiger partial charge in [-0.3, -0.25) is 4.21 Å². The molecule has 0 saturated carbocycles. The van der Waals surface area contributed by atoms with E-state index in [-0.39, 0.29) is 15.8 Å². The Bertz CT molecular complexity index is 441. The van der Waals surface area contributed by atoms with Crippen molar-refractivity contribution in [3.63, 3.8) is 0 Å². The summed E-state index contributed by atoms with van der Waals surface area (Å²) in [7, 11) is -1.36. The minimum atomic E-state index is -4.43. The van der Waals surface area contributed by atoms with Crippen LogP contribution in [0.15, 0.2) is 23.1 Å². The zero-order valence-electron chi connectivity index (χ0n) is 10.3. The average molecular weight is 279 g/mol. The van der Waals surface area contributed by atoms with Gasteiger partial charge in [0.25, 0.3) is 0 Å². The van der Waals surface area contributed by atoms with Crippen molar-refractivity contribution >= 4 is 16.5 Å². The van der Waals surface area contributed by atoms with E-state index in [1.165, 1.54) is 6.07 Å². The molecule has 0 saturated heterocycles. The maximum Gasteiger partial charge on any atom is 0.416 e. The predicted molar refractivity (Wildman–Crippen MR) is 66.6 cm³/mol. The number of benzene rings is 1. The van der Waals surface area contributed by atoms with Gasteiger partial charge in [-0.15, -0.1) is 0 Å². The number of alkyl halides is 3. The van der Waals surface area contributed by atoms with Crippen LogP contribution < -0.4 is 5.73 Å². The highest BCUT2D eigenvalue weighted by Crippen LogP contribution is 2.33. The number of nitrogens with two attached hydrogens (primary N) is 1. The van der Waals surface area contributed by atoms with Crippen molar-refractivity contribution in [1.82, 2.24) is 0 Å². The summed E-state index contributed by atoms with van der Waals surface area (Å²) in [6.07, 6.45) is -3.03. The fourth-order valence-electron chi connectivity index (χ4n) is 1.68. The molecule has 2 nitrogen and oxygen atoms in total. The van der Waals surface area contributed by atoms with Crippen molar-refractivity contribution in [3.05, 3.63) is 23.8 Å². The van der Waals surface area contributed by atoms with Crippen LogP contribution in [0.2, 0.25) is 0 Å². The second-order valence-electron chi connectivity index (χ2n) is 3.99. The molecule has 1 atom stereocenters. The summed E-state index contributed by atoms with van der Waals surface area (Å²) in [6, 6.07) is 2.98. The van der Waals surface area contributed by atoms with E-state index in [0.717, 1.165) is 12.1 Å². The Morgan fingerprint density at radius 2 is 1.83 bits per heavy atom. The van der Waals surface area contributed by atoms with Gasteiger partial charge in [-0.2, -0.15) is 13.2 Å². The summed E-state index contributed by atoms with van der Waals surface area (Å²) < 4.78 is 49.5. The molecule has 1 aromatic rings. The number of hydrogen-bond acceptors (Lipinski definition) is 2. The van der Waals surface area contributed by atoms with Gasteiger partial charge in [-0.25, -0.2) is 0 Å². The first-order valence-corrected chi connectivity index (χ1v) is 6.89. The second-order valence-corrected chi connectivity index (χ2v) is 5.69. The molecule has 0 amide bonds. The molecule has 0 radical (unpaired) electrons. The van der Waals surface area contributed by atoms with Gasteiger partial charge < -0.3 is 5.73 Å². The molecule has 0 aliphatic rings. The normalized spacial score (nSPS) is 13.9. The molecule has 1 aromatic carbocycles. The molecule has 102 valence electrons. The first-order valence-electron chi connectivity index (χ1n) is 5.68. The second kappa shape index (κ2) is 5.73. The van der Waals surface area contributed by atoms with Crippen LogP contribution in [0.3, 0.4) is 0 Å². The van der Waals surface area contributed by atoms with E-state index in [0.29, 0.717) is 12.8 Å². The van der Waals surface area contributed by atoms with Crippen LogP contribution in [0.25, 0.3) is 0 Å². The SMILES string of the molecule is CCC(CC)S(=O)c1ccc(C(F)(F)F)cc1N. The third-order valence-corrected chi connectivity index (χ3v) is 4.84. The van der Waals surface area contributed by atoms with Crippen LogP contribution in [0.5, 0.6) is 0 Å². The van der Waals surface area contributed by atoms with Crippen molar-refractivity contribution in [2.24, 2.45) is 0 Å². The third-order valence-electron chi connectivity index (χ3n) is 2.77. The molecule has 6 heteroatoms. The van der Waals surface area contributed by atoms with Crippen LogP contribution in [0.4, 0.5) is 18.9 Å². The molecule has 0 aliphatic heterocycles. The van der Waals surface area contributed by atoms with Crippen molar-refractivity contribution < 1.29 is 17.4 Å². The van der Waals surface area contributed by atoms with Gasteiger partial charge in [0.1, 0.15) is 0 Å². The molecule has 0 spiro atoms. The minimum absolute atomic E-state index is 0.0601. The number of anilines is 1. The molecule has 2 N–H and O–H groups in total. The van der Waals surface area contributed by atoms with Crippen molar-refractivity contribution in [2.45, 2.75) is 43.0 Å². The van der Waals surface area contributed by atoms with E-state index in [4.69, 9.17) is 5.73 Å². The lowest BCUT2D eigenvalue weighted by Gasteiger charge is -2.15. The minimum Gasteiger partial charge on any atom is -0.398 e. The van der Waals surface area contributed by atoms with E-state index in [9.17, 15) is 17.4 Å². The first kappa shape index (κ1) is 15.0. The first-order chi connectivity index (χ1) is 8.31. The largest absolute Gasteiger partial charge is 0.416 e. The van der Waals surface area contributed by atoms with Gasteiger partial charge in [0.15, 0.2) is 0 Å². The molecule has 0 aromatic heterocycles. The van der Waals surface area contributed by atoms with E-state index in [1.807, 2.05) is 13.8 Å². The third kappa shape index (κ3) is 3.25. The van der Waals surface area contributed by atoms with Crippen molar-refractivity contribution in [1.29, 1.82) is 0 Å². The van der Waals surface area contributed by atoms with Gasteiger partial charge >= 0.3 is 6.18 Å². The quantitative estimate of drug-likeness (QED) is 0.856. The summed E-state index contributed by atoms with van der Waals surface area (Å²) >= 11 is 0. The Morgan fingerprint density at radius 3 is 2.22 bits per heavy atom. The Morgan fingerprint density at radius 1 is 1.28 bits per heavy atom. The Kier molecular flexibility index (Phi) is 4.78.